The molecule has 0 aromatic carbocycles. The van der Waals surface area contributed by atoms with Crippen molar-refractivity contribution in [1.82, 2.24) is 15.3 Å². The van der Waals surface area contributed by atoms with Crippen molar-refractivity contribution < 1.29 is 9.90 Å². The van der Waals surface area contributed by atoms with Crippen molar-refractivity contribution >= 4 is 29.5 Å². The number of aromatic amines is 1. The molecule has 106 valence electrons. The van der Waals surface area contributed by atoms with Crippen molar-refractivity contribution in [2.75, 3.05) is 6.54 Å². The van der Waals surface area contributed by atoms with Crippen LogP contribution < -0.4 is 5.32 Å². The molecule has 2 rings (SSSR count). The Morgan fingerprint density at radius 2 is 2.25 bits per heavy atom. The predicted molar refractivity (Wildman–Crippen MR) is 80.2 cm³/mol. The number of aliphatic hydroxyl groups excluding tert-OH is 1. The number of carbonyl (C=O) groups excluding carboxylic acids is 1. The zero-order valence-electron chi connectivity index (χ0n) is 10.9. The number of aromatic nitrogens is 2. The average Bonchev–Trinajstić information content (AvgIpc) is 2.75. The Morgan fingerprint density at radius 3 is 2.85 bits per heavy atom. The first kappa shape index (κ1) is 14.8. The van der Waals surface area contributed by atoms with Crippen molar-refractivity contribution in [2.45, 2.75) is 19.4 Å². The van der Waals surface area contributed by atoms with E-state index in [1.54, 1.807) is 24.5 Å². The molecule has 1 unspecified atom stereocenters. The molecule has 0 saturated carbocycles. The largest absolute Gasteiger partial charge is 0.387 e. The van der Waals surface area contributed by atoms with Gasteiger partial charge in [0, 0.05) is 29.5 Å². The molecule has 7 heteroatoms. The Labute approximate surface area is 125 Å². The summed E-state index contributed by atoms with van der Waals surface area (Å²) in [6, 6.07) is 3.44. The van der Waals surface area contributed by atoms with E-state index in [-0.39, 0.29) is 18.9 Å². The van der Waals surface area contributed by atoms with Gasteiger partial charge in [-0.1, -0.05) is 0 Å². The molecule has 0 fully saturated rings. The maximum absolute atomic E-state index is 11.8. The minimum Gasteiger partial charge on any atom is -0.387 e. The third-order valence-electron chi connectivity index (χ3n) is 2.83. The van der Waals surface area contributed by atoms with Gasteiger partial charge in [-0.25, -0.2) is 0 Å². The van der Waals surface area contributed by atoms with Gasteiger partial charge in [0.15, 0.2) is 3.95 Å². The molecule has 0 saturated heterocycles. The lowest BCUT2D eigenvalue weighted by Gasteiger charge is -2.11. The summed E-state index contributed by atoms with van der Waals surface area (Å²) in [5.41, 5.74) is 1.65. The van der Waals surface area contributed by atoms with Crippen molar-refractivity contribution in [3.63, 3.8) is 0 Å². The number of nitrogens with one attached hydrogen (secondary N) is 2. The van der Waals surface area contributed by atoms with Crippen LogP contribution in [-0.4, -0.2) is 27.5 Å². The van der Waals surface area contributed by atoms with Gasteiger partial charge >= 0.3 is 0 Å². The van der Waals surface area contributed by atoms with Crippen molar-refractivity contribution in [3.05, 3.63) is 44.6 Å². The molecular weight excluding hydrogens is 294 g/mol. The lowest BCUT2D eigenvalue weighted by Crippen LogP contribution is -2.29. The van der Waals surface area contributed by atoms with Crippen LogP contribution >= 0.6 is 23.6 Å². The smallest absolute Gasteiger partial charge is 0.225 e. The van der Waals surface area contributed by atoms with Crippen LogP contribution in [0.5, 0.6) is 0 Å². The summed E-state index contributed by atoms with van der Waals surface area (Å²) in [5.74, 6) is -0.133. The van der Waals surface area contributed by atoms with Crippen LogP contribution in [0.1, 0.15) is 22.2 Å². The van der Waals surface area contributed by atoms with Crippen molar-refractivity contribution in [1.29, 1.82) is 0 Å². The van der Waals surface area contributed by atoms with Gasteiger partial charge in [0.25, 0.3) is 0 Å². The van der Waals surface area contributed by atoms with Crippen LogP contribution in [0.15, 0.2) is 24.5 Å². The number of carbonyl (C=O) groups is 1. The molecule has 0 radical (unpaired) electrons. The predicted octanol–water partition coefficient (Wildman–Crippen LogP) is 1.90. The summed E-state index contributed by atoms with van der Waals surface area (Å²) in [7, 11) is 0. The molecule has 0 aliphatic heterocycles. The highest BCUT2D eigenvalue weighted by Gasteiger charge is 2.11. The van der Waals surface area contributed by atoms with Gasteiger partial charge in [-0.2, -0.15) is 0 Å². The average molecular weight is 309 g/mol. The molecule has 0 aliphatic rings. The van der Waals surface area contributed by atoms with E-state index in [9.17, 15) is 9.90 Å². The Kier molecular flexibility index (Phi) is 4.99. The van der Waals surface area contributed by atoms with E-state index >= 15 is 0 Å². The van der Waals surface area contributed by atoms with E-state index in [4.69, 9.17) is 12.2 Å². The topological polar surface area (TPSA) is 78.0 Å². The standard InChI is InChI=1S/C13H15N3O2S2/c1-8-11(20-13(19)16-8)6-12(18)15-7-10(17)9-2-4-14-5-3-9/h2-5,10,17H,6-7H2,1H3,(H,15,18)(H,16,19). The Morgan fingerprint density at radius 1 is 1.55 bits per heavy atom. The fourth-order valence-corrected chi connectivity index (χ4v) is 3.02. The number of H-pyrrole nitrogens is 1. The fraction of sp³-hybridized carbons (Fsp3) is 0.308. The Bertz CT molecular complexity index is 637. The highest BCUT2D eigenvalue weighted by Crippen LogP contribution is 2.15. The molecule has 2 heterocycles. The number of pyridine rings is 1. The summed E-state index contributed by atoms with van der Waals surface area (Å²) in [5, 5.41) is 12.6. The van der Waals surface area contributed by atoms with Gasteiger partial charge in [-0.15, -0.1) is 11.3 Å². The lowest BCUT2D eigenvalue weighted by molar-refractivity contribution is -0.120. The molecule has 5 nitrogen and oxygen atoms in total. The lowest BCUT2D eigenvalue weighted by atomic mass is 10.1. The van der Waals surface area contributed by atoms with Gasteiger partial charge < -0.3 is 15.4 Å². The van der Waals surface area contributed by atoms with E-state index in [2.05, 4.69) is 15.3 Å². The second-order valence-electron chi connectivity index (χ2n) is 4.34. The first-order chi connectivity index (χ1) is 9.56. The second kappa shape index (κ2) is 6.74. The molecule has 1 amide bonds. The van der Waals surface area contributed by atoms with Crippen LogP contribution in [0.25, 0.3) is 0 Å². The zero-order chi connectivity index (χ0) is 14.5. The van der Waals surface area contributed by atoms with E-state index in [0.29, 0.717) is 3.95 Å². The highest BCUT2D eigenvalue weighted by atomic mass is 32.1. The van der Waals surface area contributed by atoms with E-state index in [1.807, 2.05) is 6.92 Å². The van der Waals surface area contributed by atoms with Crippen molar-refractivity contribution in [2.24, 2.45) is 0 Å². The third kappa shape index (κ3) is 3.96. The monoisotopic (exact) mass is 309 g/mol. The molecule has 2 aromatic rings. The van der Waals surface area contributed by atoms with Gasteiger partial charge in [-0.3, -0.25) is 9.78 Å². The minimum atomic E-state index is -0.729. The van der Waals surface area contributed by atoms with Crippen LogP contribution in [0.3, 0.4) is 0 Å². The number of amides is 1. The molecule has 0 aliphatic carbocycles. The van der Waals surface area contributed by atoms with Crippen LogP contribution in [0.4, 0.5) is 0 Å². The van der Waals surface area contributed by atoms with Gasteiger partial charge in [0.1, 0.15) is 0 Å². The molecule has 3 N–H and O–H groups in total. The first-order valence-corrected chi connectivity index (χ1v) is 7.32. The number of nitrogens with zero attached hydrogens (tertiary/aromatic N) is 1. The van der Waals surface area contributed by atoms with Crippen LogP contribution in [0, 0.1) is 10.9 Å². The van der Waals surface area contributed by atoms with E-state index in [0.717, 1.165) is 16.1 Å². The Hall–Kier alpha value is -1.57. The van der Waals surface area contributed by atoms with Crippen LogP contribution in [-0.2, 0) is 11.2 Å². The molecule has 0 spiro atoms. The fourth-order valence-electron chi connectivity index (χ4n) is 1.73. The van der Waals surface area contributed by atoms with E-state index < -0.39 is 6.10 Å². The first-order valence-electron chi connectivity index (χ1n) is 6.09. The summed E-state index contributed by atoms with van der Waals surface area (Å²) in [6.45, 7) is 2.07. The maximum atomic E-state index is 11.8. The highest BCUT2D eigenvalue weighted by molar-refractivity contribution is 7.73. The number of hydrogen-bond acceptors (Lipinski definition) is 5. The zero-order valence-corrected chi connectivity index (χ0v) is 12.6. The van der Waals surface area contributed by atoms with Crippen molar-refractivity contribution in [3.8, 4) is 0 Å². The number of aliphatic hydroxyl groups is 1. The molecule has 20 heavy (non-hydrogen) atoms. The van der Waals surface area contributed by atoms with Crippen LogP contribution in [0.2, 0.25) is 0 Å². The molecular formula is C13H15N3O2S2. The number of aryl methyl sites for hydroxylation is 1. The molecule has 2 aromatic heterocycles. The van der Waals surface area contributed by atoms with Gasteiger partial charge in [0.05, 0.1) is 12.5 Å². The number of thiazole rings is 1. The summed E-state index contributed by atoms with van der Waals surface area (Å²) >= 11 is 6.43. The second-order valence-corrected chi connectivity index (χ2v) is 6.11. The summed E-state index contributed by atoms with van der Waals surface area (Å²) in [6.07, 6.45) is 2.76. The third-order valence-corrected chi connectivity index (χ3v) is 4.16. The summed E-state index contributed by atoms with van der Waals surface area (Å²) in [4.78, 5) is 19.6. The van der Waals surface area contributed by atoms with Gasteiger partial charge in [0.2, 0.25) is 5.91 Å². The molecule has 0 bridgehead atoms. The summed E-state index contributed by atoms with van der Waals surface area (Å²) < 4.78 is 0.669. The van der Waals surface area contributed by atoms with Gasteiger partial charge in [-0.05, 0) is 36.8 Å². The number of hydrogen-bond donors (Lipinski definition) is 3. The number of rotatable bonds is 5. The minimum absolute atomic E-state index is 0.133. The SMILES string of the molecule is Cc1[nH]c(=S)sc1CC(=O)NCC(O)c1ccncc1. The normalized spacial score (nSPS) is 12.1. The van der Waals surface area contributed by atoms with E-state index in [1.165, 1.54) is 11.3 Å². The quantitative estimate of drug-likeness (QED) is 0.737. The Balaban J connectivity index is 1.86. The maximum Gasteiger partial charge on any atom is 0.225 e. The molecule has 1 atom stereocenters.